The van der Waals surface area contributed by atoms with Crippen molar-refractivity contribution in [2.75, 3.05) is 32.1 Å². The molecule has 0 atom stereocenters. The van der Waals surface area contributed by atoms with Crippen molar-refractivity contribution in [3.63, 3.8) is 0 Å². The van der Waals surface area contributed by atoms with Crippen molar-refractivity contribution in [3.05, 3.63) is 53.6 Å². The van der Waals surface area contributed by atoms with Crippen LogP contribution in [0.25, 0.3) is 11.0 Å². The summed E-state index contributed by atoms with van der Waals surface area (Å²) in [5.74, 6) is 0.711. The third kappa shape index (κ3) is 4.01. The van der Waals surface area contributed by atoms with Gasteiger partial charge in [-0.15, -0.1) is 0 Å². The van der Waals surface area contributed by atoms with Gasteiger partial charge >= 0.3 is 6.03 Å². The van der Waals surface area contributed by atoms with Gasteiger partial charge in [-0.05, 0) is 31.0 Å². The molecular weight excluding hydrogens is 373 g/mol. The number of hydrogen-bond acceptors (Lipinski definition) is 5. The number of fused-ring (bicyclic) bond motifs is 1. The Hall–Kier alpha value is -3.16. The Bertz CT molecular complexity index is 1010. The van der Waals surface area contributed by atoms with Crippen LogP contribution in [0.2, 0.25) is 0 Å². The number of nitrogens with zero attached hydrogens (tertiary/aromatic N) is 4. The van der Waals surface area contributed by atoms with Crippen molar-refractivity contribution < 1.29 is 13.7 Å². The second-order valence-electron chi connectivity index (χ2n) is 7.51. The molecule has 1 aromatic carbocycles. The van der Waals surface area contributed by atoms with Gasteiger partial charge in [0.15, 0.2) is 5.58 Å². The Morgan fingerprint density at radius 2 is 2.10 bits per heavy atom. The number of benzene rings is 1. The third-order valence-corrected chi connectivity index (χ3v) is 5.35. The summed E-state index contributed by atoms with van der Waals surface area (Å²) < 4.78 is 18.6. The molecule has 0 saturated carbocycles. The lowest BCUT2D eigenvalue weighted by Gasteiger charge is -2.31. The van der Waals surface area contributed by atoms with Crippen molar-refractivity contribution in [1.29, 1.82) is 0 Å². The first-order valence-electron chi connectivity index (χ1n) is 9.71. The fourth-order valence-corrected chi connectivity index (χ4v) is 3.83. The highest BCUT2D eigenvalue weighted by molar-refractivity contribution is 5.80. The molecule has 1 N–H and O–H groups in total. The van der Waals surface area contributed by atoms with Gasteiger partial charge in [0.2, 0.25) is 0 Å². The lowest BCUT2D eigenvalue weighted by Crippen LogP contribution is -2.44. The van der Waals surface area contributed by atoms with Gasteiger partial charge in [-0.25, -0.2) is 14.2 Å². The number of anilines is 1. The summed E-state index contributed by atoms with van der Waals surface area (Å²) in [4.78, 5) is 20.7. The van der Waals surface area contributed by atoms with Crippen LogP contribution in [0.5, 0.6) is 0 Å². The number of likely N-dealkylation sites (tertiary alicyclic amines) is 1. The van der Waals surface area contributed by atoms with Crippen molar-refractivity contribution in [2.45, 2.75) is 25.3 Å². The SMILES string of the molecule is CN(C)c1ncccc1CNC(=O)N1CCC(c2noc3cc(F)ccc23)CC1. The molecule has 0 unspecified atom stereocenters. The molecule has 0 aliphatic carbocycles. The maximum atomic E-state index is 13.3. The van der Waals surface area contributed by atoms with Crippen molar-refractivity contribution in [2.24, 2.45) is 0 Å². The summed E-state index contributed by atoms with van der Waals surface area (Å²) >= 11 is 0. The maximum Gasteiger partial charge on any atom is 0.317 e. The topological polar surface area (TPSA) is 74.5 Å². The van der Waals surface area contributed by atoms with Crippen LogP contribution in [0.3, 0.4) is 0 Å². The van der Waals surface area contributed by atoms with E-state index in [1.54, 1.807) is 12.3 Å². The zero-order valence-electron chi connectivity index (χ0n) is 16.6. The van der Waals surface area contributed by atoms with Crippen LogP contribution < -0.4 is 10.2 Å². The summed E-state index contributed by atoms with van der Waals surface area (Å²) in [5.41, 5.74) is 2.29. The molecule has 152 valence electrons. The van der Waals surface area contributed by atoms with Crippen LogP contribution in [0.1, 0.15) is 30.0 Å². The van der Waals surface area contributed by atoms with Gasteiger partial charge < -0.3 is 19.6 Å². The molecule has 1 fully saturated rings. The van der Waals surface area contributed by atoms with Gasteiger partial charge in [0.1, 0.15) is 11.6 Å². The lowest BCUT2D eigenvalue weighted by atomic mass is 9.92. The monoisotopic (exact) mass is 397 g/mol. The van der Waals surface area contributed by atoms with E-state index in [1.807, 2.05) is 36.0 Å². The van der Waals surface area contributed by atoms with E-state index >= 15 is 0 Å². The molecule has 7 nitrogen and oxygen atoms in total. The van der Waals surface area contributed by atoms with Crippen LogP contribution >= 0.6 is 0 Å². The van der Waals surface area contributed by atoms with Crippen molar-refractivity contribution in [3.8, 4) is 0 Å². The Kier molecular flexibility index (Phi) is 5.33. The fourth-order valence-electron chi connectivity index (χ4n) is 3.83. The van der Waals surface area contributed by atoms with Crippen LogP contribution in [0.15, 0.2) is 41.1 Å². The molecule has 0 spiro atoms. The first-order valence-corrected chi connectivity index (χ1v) is 9.71. The Morgan fingerprint density at radius 1 is 1.31 bits per heavy atom. The van der Waals surface area contributed by atoms with Crippen LogP contribution in [-0.2, 0) is 6.54 Å². The molecule has 3 heterocycles. The van der Waals surface area contributed by atoms with Gasteiger partial charge in [-0.2, -0.15) is 0 Å². The number of nitrogens with one attached hydrogen (secondary N) is 1. The molecule has 2 amide bonds. The van der Waals surface area contributed by atoms with Gasteiger partial charge in [-0.3, -0.25) is 0 Å². The standard InChI is InChI=1S/C21H24FN5O2/c1-26(2)20-15(4-3-9-23-20)13-24-21(28)27-10-7-14(8-11-27)19-17-6-5-16(22)12-18(17)29-25-19/h3-6,9,12,14H,7-8,10-11,13H2,1-2H3,(H,24,28). The largest absolute Gasteiger partial charge is 0.362 e. The van der Waals surface area contributed by atoms with E-state index < -0.39 is 0 Å². The number of carbonyl (C=O) groups is 1. The van der Waals surface area contributed by atoms with E-state index in [4.69, 9.17) is 4.52 Å². The highest BCUT2D eigenvalue weighted by atomic mass is 19.1. The summed E-state index contributed by atoms with van der Waals surface area (Å²) in [6.07, 6.45) is 3.33. The molecule has 1 aliphatic rings. The average Bonchev–Trinajstić information content (AvgIpc) is 3.15. The number of aromatic nitrogens is 2. The quantitative estimate of drug-likeness (QED) is 0.729. The summed E-state index contributed by atoms with van der Waals surface area (Å²) in [6.45, 7) is 1.71. The van der Waals surface area contributed by atoms with Crippen LogP contribution in [-0.4, -0.2) is 48.3 Å². The lowest BCUT2D eigenvalue weighted by molar-refractivity contribution is 0.180. The van der Waals surface area contributed by atoms with E-state index in [2.05, 4.69) is 15.5 Å². The van der Waals surface area contributed by atoms with Crippen molar-refractivity contribution in [1.82, 2.24) is 20.4 Å². The number of halogens is 1. The molecule has 1 aliphatic heterocycles. The first kappa shape index (κ1) is 19.2. The zero-order valence-corrected chi connectivity index (χ0v) is 16.6. The Balaban J connectivity index is 1.35. The van der Waals surface area contributed by atoms with E-state index in [9.17, 15) is 9.18 Å². The molecule has 2 aromatic heterocycles. The molecule has 0 radical (unpaired) electrons. The summed E-state index contributed by atoms with van der Waals surface area (Å²) in [7, 11) is 3.86. The number of hydrogen-bond donors (Lipinski definition) is 1. The predicted molar refractivity (Wildman–Crippen MR) is 108 cm³/mol. The number of urea groups is 1. The van der Waals surface area contributed by atoms with Gasteiger partial charge in [0, 0.05) is 62.9 Å². The minimum atomic E-state index is -0.335. The highest BCUT2D eigenvalue weighted by Gasteiger charge is 2.27. The van der Waals surface area contributed by atoms with E-state index in [1.165, 1.54) is 12.1 Å². The molecule has 3 aromatic rings. The number of piperidine rings is 1. The first-order chi connectivity index (χ1) is 14.0. The highest BCUT2D eigenvalue weighted by Crippen LogP contribution is 2.32. The summed E-state index contributed by atoms with van der Waals surface area (Å²) in [6, 6.07) is 8.25. The van der Waals surface area contributed by atoms with Gasteiger partial charge in [0.25, 0.3) is 0 Å². The molecule has 29 heavy (non-hydrogen) atoms. The number of amides is 2. The molecular formula is C21H24FN5O2. The average molecular weight is 397 g/mol. The van der Waals surface area contributed by atoms with Crippen molar-refractivity contribution >= 4 is 22.8 Å². The van der Waals surface area contributed by atoms with E-state index in [-0.39, 0.29) is 17.8 Å². The van der Waals surface area contributed by atoms with Gasteiger partial charge in [0.05, 0.1) is 5.69 Å². The predicted octanol–water partition coefficient (Wildman–Crippen LogP) is 3.52. The number of pyridine rings is 1. The van der Waals surface area contributed by atoms with E-state index in [0.717, 1.165) is 35.3 Å². The number of carbonyl (C=O) groups excluding carboxylic acids is 1. The Morgan fingerprint density at radius 3 is 2.86 bits per heavy atom. The minimum Gasteiger partial charge on any atom is -0.362 e. The van der Waals surface area contributed by atoms with Gasteiger partial charge in [-0.1, -0.05) is 11.2 Å². The normalized spacial score (nSPS) is 14.9. The minimum absolute atomic E-state index is 0.0795. The second kappa shape index (κ2) is 8.06. The second-order valence-corrected chi connectivity index (χ2v) is 7.51. The third-order valence-electron chi connectivity index (χ3n) is 5.35. The molecule has 0 bridgehead atoms. The summed E-state index contributed by atoms with van der Waals surface area (Å²) in [5, 5.41) is 8.00. The Labute approximate surface area is 168 Å². The smallest absolute Gasteiger partial charge is 0.317 e. The number of rotatable bonds is 4. The molecule has 1 saturated heterocycles. The van der Waals surface area contributed by atoms with Crippen LogP contribution in [0.4, 0.5) is 15.0 Å². The van der Waals surface area contributed by atoms with E-state index in [0.29, 0.717) is 25.2 Å². The molecule has 8 heteroatoms. The maximum absolute atomic E-state index is 13.3. The molecule has 4 rings (SSSR count). The van der Waals surface area contributed by atoms with Crippen LogP contribution in [0, 0.1) is 5.82 Å². The fraction of sp³-hybridized carbons (Fsp3) is 0.381. The zero-order chi connectivity index (χ0) is 20.4.